The average Bonchev–Trinajstić information content (AvgIpc) is 3.37. The molecule has 1 fully saturated rings. The zero-order chi connectivity index (χ0) is 18.7. The quantitative estimate of drug-likeness (QED) is 0.840. The molecule has 0 bridgehead atoms. The standard InChI is InChI=1S/C22H26N2O2/c1-14-9-10-18(11-15(14)2)21(17-7-5-4-6-8-17)24-20(25)13-23-22(26)19-12-16(19)3/h4-11,16,19,21H,12-13H2,1-3H3,(H,23,26)(H,24,25)/t16-,19-,21-/m1/s1. The van der Waals surface area contributed by atoms with Gasteiger partial charge in [-0.25, -0.2) is 0 Å². The van der Waals surface area contributed by atoms with Gasteiger partial charge in [0.25, 0.3) is 0 Å². The van der Waals surface area contributed by atoms with E-state index in [0.717, 1.165) is 17.5 Å². The maximum atomic E-state index is 12.5. The molecule has 1 aliphatic rings. The molecule has 0 heterocycles. The molecule has 136 valence electrons. The molecule has 2 aromatic rings. The lowest BCUT2D eigenvalue weighted by atomic mass is 9.95. The molecule has 0 aromatic heterocycles. The van der Waals surface area contributed by atoms with Crippen LogP contribution in [-0.2, 0) is 9.59 Å². The van der Waals surface area contributed by atoms with Crippen LogP contribution in [0.2, 0.25) is 0 Å². The Morgan fingerprint density at radius 2 is 1.73 bits per heavy atom. The lowest BCUT2D eigenvalue weighted by Crippen LogP contribution is -2.39. The van der Waals surface area contributed by atoms with Crippen molar-refractivity contribution in [2.75, 3.05) is 6.54 Å². The fraction of sp³-hybridized carbons (Fsp3) is 0.364. The number of carbonyl (C=O) groups excluding carboxylic acids is 2. The van der Waals surface area contributed by atoms with Crippen molar-refractivity contribution < 1.29 is 9.59 Å². The van der Waals surface area contributed by atoms with Crippen LogP contribution in [0.1, 0.15) is 41.6 Å². The van der Waals surface area contributed by atoms with Crippen molar-refractivity contribution in [2.45, 2.75) is 33.2 Å². The molecule has 2 amide bonds. The van der Waals surface area contributed by atoms with Crippen LogP contribution in [0.4, 0.5) is 0 Å². The van der Waals surface area contributed by atoms with E-state index in [9.17, 15) is 9.59 Å². The van der Waals surface area contributed by atoms with Crippen LogP contribution in [-0.4, -0.2) is 18.4 Å². The number of amides is 2. The van der Waals surface area contributed by atoms with E-state index in [2.05, 4.69) is 43.5 Å². The third-order valence-electron chi connectivity index (χ3n) is 5.17. The highest BCUT2D eigenvalue weighted by atomic mass is 16.2. The molecule has 26 heavy (non-hydrogen) atoms. The van der Waals surface area contributed by atoms with Crippen molar-refractivity contribution in [3.63, 3.8) is 0 Å². The number of benzene rings is 2. The van der Waals surface area contributed by atoms with E-state index in [-0.39, 0.29) is 30.3 Å². The number of hydrogen-bond donors (Lipinski definition) is 2. The summed E-state index contributed by atoms with van der Waals surface area (Å²) in [5.41, 5.74) is 4.47. The van der Waals surface area contributed by atoms with Gasteiger partial charge < -0.3 is 10.6 Å². The molecule has 4 heteroatoms. The normalized spacial score (nSPS) is 19.5. The van der Waals surface area contributed by atoms with Crippen molar-refractivity contribution in [1.29, 1.82) is 0 Å². The minimum atomic E-state index is -0.236. The average molecular weight is 350 g/mol. The highest BCUT2D eigenvalue weighted by molar-refractivity contribution is 5.87. The van der Waals surface area contributed by atoms with Crippen LogP contribution in [0.15, 0.2) is 48.5 Å². The van der Waals surface area contributed by atoms with E-state index in [1.54, 1.807) is 0 Å². The first-order valence-electron chi connectivity index (χ1n) is 9.15. The minimum Gasteiger partial charge on any atom is -0.347 e. The maximum absolute atomic E-state index is 12.5. The lowest BCUT2D eigenvalue weighted by Gasteiger charge is -2.21. The van der Waals surface area contributed by atoms with Gasteiger partial charge in [0.1, 0.15) is 0 Å². The lowest BCUT2D eigenvalue weighted by molar-refractivity contribution is -0.127. The van der Waals surface area contributed by atoms with Gasteiger partial charge in [0, 0.05) is 5.92 Å². The van der Waals surface area contributed by atoms with Gasteiger partial charge in [-0.3, -0.25) is 9.59 Å². The summed E-state index contributed by atoms with van der Waals surface area (Å²) in [7, 11) is 0. The number of hydrogen-bond acceptors (Lipinski definition) is 2. The van der Waals surface area contributed by atoms with E-state index >= 15 is 0 Å². The van der Waals surface area contributed by atoms with Gasteiger partial charge in [0.15, 0.2) is 0 Å². The van der Waals surface area contributed by atoms with Crippen LogP contribution in [0.25, 0.3) is 0 Å². The van der Waals surface area contributed by atoms with E-state index in [0.29, 0.717) is 5.92 Å². The summed E-state index contributed by atoms with van der Waals surface area (Å²) in [6.07, 6.45) is 0.919. The Bertz CT molecular complexity index is 801. The zero-order valence-electron chi connectivity index (χ0n) is 15.6. The first kappa shape index (κ1) is 18.2. The summed E-state index contributed by atoms with van der Waals surface area (Å²) < 4.78 is 0. The summed E-state index contributed by atoms with van der Waals surface area (Å²) in [5.74, 6) is 0.312. The van der Waals surface area contributed by atoms with Crippen molar-refractivity contribution in [3.05, 3.63) is 70.8 Å². The molecular formula is C22H26N2O2. The first-order valence-corrected chi connectivity index (χ1v) is 9.15. The summed E-state index contributed by atoms with van der Waals surface area (Å²) >= 11 is 0. The van der Waals surface area contributed by atoms with E-state index < -0.39 is 0 Å². The molecule has 3 rings (SSSR count). The highest BCUT2D eigenvalue weighted by Gasteiger charge is 2.39. The summed E-state index contributed by atoms with van der Waals surface area (Å²) in [4.78, 5) is 24.4. The van der Waals surface area contributed by atoms with Gasteiger partial charge in [-0.05, 0) is 48.4 Å². The second-order valence-electron chi connectivity index (χ2n) is 7.29. The van der Waals surface area contributed by atoms with Gasteiger partial charge in [-0.2, -0.15) is 0 Å². The topological polar surface area (TPSA) is 58.2 Å². The van der Waals surface area contributed by atoms with Crippen LogP contribution in [0.5, 0.6) is 0 Å². The molecule has 0 spiro atoms. The third kappa shape index (κ3) is 4.31. The Labute approximate surface area is 155 Å². The molecular weight excluding hydrogens is 324 g/mol. The van der Waals surface area contributed by atoms with E-state index in [4.69, 9.17) is 0 Å². The molecule has 0 radical (unpaired) electrons. The van der Waals surface area contributed by atoms with Gasteiger partial charge in [-0.15, -0.1) is 0 Å². The second kappa shape index (κ2) is 7.73. The van der Waals surface area contributed by atoms with Crippen LogP contribution < -0.4 is 10.6 Å². The van der Waals surface area contributed by atoms with Crippen molar-refractivity contribution >= 4 is 11.8 Å². The van der Waals surface area contributed by atoms with Gasteiger partial charge in [-0.1, -0.05) is 55.5 Å². The number of nitrogens with one attached hydrogen (secondary N) is 2. The predicted molar refractivity (Wildman–Crippen MR) is 103 cm³/mol. The monoisotopic (exact) mass is 350 g/mol. The van der Waals surface area contributed by atoms with Crippen LogP contribution in [0.3, 0.4) is 0 Å². The number of carbonyl (C=O) groups is 2. The predicted octanol–water partition coefficient (Wildman–Crippen LogP) is 3.28. The summed E-state index contributed by atoms with van der Waals surface area (Å²) in [6, 6.07) is 15.9. The van der Waals surface area contributed by atoms with Crippen molar-refractivity contribution in [3.8, 4) is 0 Å². The molecule has 1 saturated carbocycles. The Balaban J connectivity index is 1.72. The maximum Gasteiger partial charge on any atom is 0.240 e. The zero-order valence-corrected chi connectivity index (χ0v) is 15.6. The number of aryl methyl sites for hydroxylation is 2. The largest absolute Gasteiger partial charge is 0.347 e. The van der Waals surface area contributed by atoms with E-state index in [1.165, 1.54) is 11.1 Å². The fourth-order valence-electron chi connectivity index (χ4n) is 3.15. The fourth-order valence-corrected chi connectivity index (χ4v) is 3.15. The number of rotatable bonds is 6. The molecule has 0 aliphatic heterocycles. The molecule has 3 atom stereocenters. The SMILES string of the molecule is Cc1ccc([C@H](NC(=O)CNC(=O)[C@@H]2C[C@H]2C)c2ccccc2)cc1C. The summed E-state index contributed by atoms with van der Waals surface area (Å²) in [6.45, 7) is 6.20. The molecule has 1 aliphatic carbocycles. The Morgan fingerprint density at radius 1 is 1.04 bits per heavy atom. The van der Waals surface area contributed by atoms with Crippen LogP contribution >= 0.6 is 0 Å². The van der Waals surface area contributed by atoms with Gasteiger partial charge >= 0.3 is 0 Å². The van der Waals surface area contributed by atoms with Crippen molar-refractivity contribution in [1.82, 2.24) is 10.6 Å². The molecule has 2 aromatic carbocycles. The van der Waals surface area contributed by atoms with Gasteiger partial charge in [0.2, 0.25) is 11.8 Å². The van der Waals surface area contributed by atoms with Crippen molar-refractivity contribution in [2.24, 2.45) is 11.8 Å². The molecule has 0 unspecified atom stereocenters. The first-order chi connectivity index (χ1) is 12.5. The second-order valence-corrected chi connectivity index (χ2v) is 7.29. The van der Waals surface area contributed by atoms with E-state index in [1.807, 2.05) is 36.4 Å². The van der Waals surface area contributed by atoms with Crippen LogP contribution in [0, 0.1) is 25.7 Å². The Kier molecular flexibility index (Phi) is 5.40. The molecule has 4 nitrogen and oxygen atoms in total. The third-order valence-corrected chi connectivity index (χ3v) is 5.17. The smallest absolute Gasteiger partial charge is 0.240 e. The minimum absolute atomic E-state index is 0.0101. The Morgan fingerprint density at radius 3 is 2.35 bits per heavy atom. The molecule has 2 N–H and O–H groups in total. The molecule has 0 saturated heterocycles. The highest BCUT2D eigenvalue weighted by Crippen LogP contribution is 2.37. The Hall–Kier alpha value is -2.62. The van der Waals surface area contributed by atoms with Gasteiger partial charge in [0.05, 0.1) is 12.6 Å². The summed E-state index contributed by atoms with van der Waals surface area (Å²) in [5, 5.41) is 5.82.